The molecule has 0 amide bonds. The van der Waals surface area contributed by atoms with Crippen LogP contribution in [-0.4, -0.2) is 30.9 Å². The molecule has 6 heteroatoms. The van der Waals surface area contributed by atoms with E-state index < -0.39 is 5.97 Å². The minimum absolute atomic E-state index is 0.140. The Bertz CT molecular complexity index is 900. The topological polar surface area (TPSA) is 88.2 Å². The molecular weight excluding hydrogens is 294 g/mol. The van der Waals surface area contributed by atoms with Crippen molar-refractivity contribution in [2.75, 3.05) is 0 Å². The Morgan fingerprint density at radius 3 is 2.61 bits per heavy atom. The van der Waals surface area contributed by atoms with E-state index in [1.807, 2.05) is 26.0 Å². The number of phenolic OH excluding ortho intramolecular Hbond substituents is 1. The van der Waals surface area contributed by atoms with Crippen molar-refractivity contribution in [2.45, 2.75) is 13.8 Å². The Hall–Kier alpha value is -3.15. The van der Waals surface area contributed by atoms with Gasteiger partial charge < -0.3 is 10.2 Å². The molecule has 2 N–H and O–H groups in total. The van der Waals surface area contributed by atoms with E-state index in [1.54, 1.807) is 16.9 Å². The molecule has 3 rings (SSSR count). The van der Waals surface area contributed by atoms with E-state index in [4.69, 9.17) is 5.11 Å². The number of carboxylic acids is 1. The number of aromatic carboxylic acids is 1. The van der Waals surface area contributed by atoms with Crippen LogP contribution in [0.2, 0.25) is 0 Å². The predicted octanol–water partition coefficient (Wildman–Crippen LogP) is 2.95. The number of aryl methyl sites for hydroxylation is 2. The Labute approximate surface area is 132 Å². The molecule has 0 radical (unpaired) electrons. The Morgan fingerprint density at radius 1 is 1.13 bits per heavy atom. The highest BCUT2D eigenvalue weighted by atomic mass is 16.4. The number of carbonyl (C=O) groups is 1. The van der Waals surface area contributed by atoms with Crippen molar-refractivity contribution < 1.29 is 15.0 Å². The average Bonchev–Trinajstić information content (AvgIpc) is 2.92. The predicted molar refractivity (Wildman–Crippen MR) is 84.9 cm³/mol. The lowest BCUT2D eigenvalue weighted by Crippen LogP contribution is -2.05. The number of nitrogens with zero attached hydrogens (tertiary/aromatic N) is 3. The van der Waals surface area contributed by atoms with Crippen molar-refractivity contribution in [3.63, 3.8) is 0 Å². The van der Waals surface area contributed by atoms with E-state index >= 15 is 0 Å². The van der Waals surface area contributed by atoms with Gasteiger partial charge in [-0.05, 0) is 43.2 Å². The molecule has 1 aromatic carbocycles. The average molecular weight is 309 g/mol. The molecule has 0 saturated heterocycles. The number of phenols is 1. The van der Waals surface area contributed by atoms with Crippen LogP contribution in [-0.2, 0) is 0 Å². The first kappa shape index (κ1) is 14.8. The molecule has 0 bridgehead atoms. The second-order valence-corrected chi connectivity index (χ2v) is 5.30. The number of aromatic hydroxyl groups is 1. The fourth-order valence-electron chi connectivity index (χ4n) is 2.38. The van der Waals surface area contributed by atoms with Gasteiger partial charge in [0.1, 0.15) is 5.75 Å². The Morgan fingerprint density at radius 2 is 1.91 bits per heavy atom. The SMILES string of the molecule is Cc1ccc(-c2c(C)cnn2-c2cc(C(=O)O)ccn2)cc1O. The number of rotatable bonds is 3. The van der Waals surface area contributed by atoms with Crippen molar-refractivity contribution in [1.29, 1.82) is 0 Å². The molecule has 0 saturated carbocycles. The van der Waals surface area contributed by atoms with Crippen LogP contribution in [0.5, 0.6) is 5.75 Å². The largest absolute Gasteiger partial charge is 0.508 e. The van der Waals surface area contributed by atoms with Crippen molar-refractivity contribution in [3.05, 3.63) is 59.4 Å². The third-order valence-electron chi connectivity index (χ3n) is 3.64. The summed E-state index contributed by atoms with van der Waals surface area (Å²) in [5.74, 6) is -0.415. The van der Waals surface area contributed by atoms with Gasteiger partial charge >= 0.3 is 5.97 Å². The van der Waals surface area contributed by atoms with Gasteiger partial charge in [-0.25, -0.2) is 14.5 Å². The minimum atomic E-state index is -1.02. The van der Waals surface area contributed by atoms with E-state index in [0.717, 1.165) is 22.4 Å². The van der Waals surface area contributed by atoms with Crippen LogP contribution in [0.15, 0.2) is 42.7 Å². The van der Waals surface area contributed by atoms with Gasteiger partial charge in [0.15, 0.2) is 5.82 Å². The molecule has 0 fully saturated rings. The monoisotopic (exact) mass is 309 g/mol. The highest BCUT2D eigenvalue weighted by Gasteiger charge is 2.15. The van der Waals surface area contributed by atoms with Gasteiger partial charge in [0.2, 0.25) is 0 Å². The maximum atomic E-state index is 11.1. The van der Waals surface area contributed by atoms with Gasteiger partial charge in [0.05, 0.1) is 17.5 Å². The van der Waals surface area contributed by atoms with Crippen LogP contribution >= 0.6 is 0 Å². The number of carboxylic acid groups (broad SMARTS) is 1. The molecule has 3 aromatic rings. The second kappa shape index (κ2) is 5.57. The summed E-state index contributed by atoms with van der Waals surface area (Å²) in [5, 5.41) is 23.4. The van der Waals surface area contributed by atoms with E-state index in [9.17, 15) is 9.90 Å². The highest BCUT2D eigenvalue weighted by molar-refractivity contribution is 5.88. The van der Waals surface area contributed by atoms with Crippen molar-refractivity contribution in [2.24, 2.45) is 0 Å². The zero-order valence-electron chi connectivity index (χ0n) is 12.7. The lowest BCUT2D eigenvalue weighted by molar-refractivity contribution is 0.0696. The normalized spacial score (nSPS) is 10.7. The number of pyridine rings is 1. The maximum absolute atomic E-state index is 11.1. The molecule has 0 aliphatic carbocycles. The van der Waals surface area contributed by atoms with Crippen LogP contribution in [0.25, 0.3) is 17.1 Å². The molecule has 116 valence electrons. The first-order valence-corrected chi connectivity index (χ1v) is 7.01. The quantitative estimate of drug-likeness (QED) is 0.776. The van der Waals surface area contributed by atoms with E-state index in [-0.39, 0.29) is 11.3 Å². The number of hydrogen-bond acceptors (Lipinski definition) is 4. The third-order valence-corrected chi connectivity index (χ3v) is 3.64. The molecule has 2 heterocycles. The minimum Gasteiger partial charge on any atom is -0.508 e. The highest BCUT2D eigenvalue weighted by Crippen LogP contribution is 2.29. The number of hydrogen-bond donors (Lipinski definition) is 2. The van der Waals surface area contributed by atoms with Crippen LogP contribution in [0.3, 0.4) is 0 Å². The van der Waals surface area contributed by atoms with Crippen LogP contribution in [0.4, 0.5) is 0 Å². The van der Waals surface area contributed by atoms with Crippen LogP contribution in [0.1, 0.15) is 21.5 Å². The lowest BCUT2D eigenvalue weighted by Gasteiger charge is -2.10. The summed E-state index contributed by atoms with van der Waals surface area (Å²) in [6.07, 6.45) is 3.12. The third kappa shape index (κ3) is 2.66. The van der Waals surface area contributed by atoms with E-state index in [1.165, 1.54) is 18.3 Å². The summed E-state index contributed by atoms with van der Waals surface area (Å²) in [6, 6.07) is 8.27. The van der Waals surface area contributed by atoms with Crippen molar-refractivity contribution in [3.8, 4) is 22.8 Å². The summed E-state index contributed by atoms with van der Waals surface area (Å²) in [7, 11) is 0. The van der Waals surface area contributed by atoms with Crippen LogP contribution in [0, 0.1) is 13.8 Å². The van der Waals surface area contributed by atoms with Gasteiger partial charge in [-0.2, -0.15) is 5.10 Å². The summed E-state index contributed by atoms with van der Waals surface area (Å²) < 4.78 is 1.58. The molecular formula is C17H15N3O3. The molecule has 2 aromatic heterocycles. The van der Waals surface area contributed by atoms with Crippen LogP contribution < -0.4 is 0 Å². The maximum Gasteiger partial charge on any atom is 0.335 e. The Balaban J connectivity index is 2.17. The van der Waals surface area contributed by atoms with Gasteiger partial charge in [-0.1, -0.05) is 12.1 Å². The smallest absolute Gasteiger partial charge is 0.335 e. The second-order valence-electron chi connectivity index (χ2n) is 5.30. The number of aromatic nitrogens is 3. The standard InChI is InChI=1S/C17H15N3O3/c1-10-3-4-12(7-14(10)21)16-11(2)9-19-20(16)15-8-13(17(22)23)5-6-18-15/h3-9,21H,1-2H3,(H,22,23). The first-order chi connectivity index (χ1) is 11.0. The fourth-order valence-corrected chi connectivity index (χ4v) is 2.38. The first-order valence-electron chi connectivity index (χ1n) is 7.01. The lowest BCUT2D eigenvalue weighted by atomic mass is 10.1. The molecule has 0 aliphatic heterocycles. The zero-order valence-corrected chi connectivity index (χ0v) is 12.7. The van der Waals surface area contributed by atoms with Gasteiger partial charge in [0.25, 0.3) is 0 Å². The summed E-state index contributed by atoms with van der Waals surface area (Å²) in [5.41, 5.74) is 3.36. The van der Waals surface area contributed by atoms with Crippen molar-refractivity contribution >= 4 is 5.97 Å². The fraction of sp³-hybridized carbons (Fsp3) is 0.118. The molecule has 23 heavy (non-hydrogen) atoms. The van der Waals surface area contributed by atoms with Gasteiger partial charge in [-0.15, -0.1) is 0 Å². The van der Waals surface area contributed by atoms with Gasteiger partial charge in [0, 0.05) is 11.8 Å². The summed E-state index contributed by atoms with van der Waals surface area (Å²) >= 11 is 0. The summed E-state index contributed by atoms with van der Waals surface area (Å²) in [6.45, 7) is 3.72. The molecule has 0 atom stereocenters. The van der Waals surface area contributed by atoms with Crippen molar-refractivity contribution in [1.82, 2.24) is 14.8 Å². The molecule has 0 unspecified atom stereocenters. The van der Waals surface area contributed by atoms with E-state index in [2.05, 4.69) is 10.1 Å². The molecule has 0 spiro atoms. The molecule has 6 nitrogen and oxygen atoms in total. The zero-order chi connectivity index (χ0) is 16.6. The summed E-state index contributed by atoms with van der Waals surface area (Å²) in [4.78, 5) is 15.3. The Kier molecular flexibility index (Phi) is 3.57. The number of benzene rings is 1. The van der Waals surface area contributed by atoms with E-state index in [0.29, 0.717) is 5.82 Å². The van der Waals surface area contributed by atoms with Gasteiger partial charge in [-0.3, -0.25) is 0 Å². The molecule has 0 aliphatic rings.